The van der Waals surface area contributed by atoms with Gasteiger partial charge in [0.15, 0.2) is 11.6 Å². The number of hydrogen-bond donors (Lipinski definition) is 8. The van der Waals surface area contributed by atoms with Crippen molar-refractivity contribution in [3.05, 3.63) is 160 Å². The number of H-pyrrole nitrogens is 1. The Kier molecular flexibility index (Phi) is 24.1. The van der Waals surface area contributed by atoms with Crippen LogP contribution in [-0.2, 0) is 41.3 Å². The van der Waals surface area contributed by atoms with Gasteiger partial charge >= 0.3 is 12.2 Å². The number of allylic oxidation sites excluding steroid dienone is 1. The van der Waals surface area contributed by atoms with Crippen molar-refractivity contribution in [1.29, 1.82) is 0 Å². The number of benzene rings is 5. The molecule has 0 fully saturated rings. The number of carbonyl (C=O) groups excluding carboxylic acids is 4. The summed E-state index contributed by atoms with van der Waals surface area (Å²) in [4.78, 5) is 54.2. The monoisotopic (exact) mass is 1150 g/mol. The number of aromatic amines is 1. The van der Waals surface area contributed by atoms with E-state index in [0.29, 0.717) is 58.2 Å². The third kappa shape index (κ3) is 18.7. The number of nitrogens with two attached hydrogens (primary N) is 3. The summed E-state index contributed by atoms with van der Waals surface area (Å²) in [5.41, 5.74) is 18.9. The molecule has 0 radical (unpaired) electrons. The van der Waals surface area contributed by atoms with E-state index in [9.17, 15) is 32.3 Å². The molecule has 0 saturated carbocycles. The molecule has 0 spiro atoms. The fourth-order valence-corrected chi connectivity index (χ4v) is 8.76. The van der Waals surface area contributed by atoms with Crippen molar-refractivity contribution in [2.75, 3.05) is 79.0 Å². The predicted molar refractivity (Wildman–Crippen MR) is 317 cm³/mol. The van der Waals surface area contributed by atoms with Crippen LogP contribution in [-0.4, -0.2) is 87.0 Å². The van der Waals surface area contributed by atoms with Gasteiger partial charge in [-0.25, -0.2) is 15.0 Å². The van der Waals surface area contributed by atoms with Gasteiger partial charge < -0.3 is 66.6 Å². The molecule has 5 aromatic carbocycles. The smallest absolute Gasteiger partial charge is 0.416 e. The van der Waals surface area contributed by atoms with E-state index in [1.54, 1.807) is 59.6 Å². The Morgan fingerprint density at radius 2 is 1.43 bits per heavy atom. The van der Waals surface area contributed by atoms with Gasteiger partial charge in [0.1, 0.15) is 6.61 Å². The van der Waals surface area contributed by atoms with Crippen LogP contribution in [0.15, 0.2) is 115 Å². The third-order valence-corrected chi connectivity index (χ3v) is 13.0. The van der Waals surface area contributed by atoms with Crippen LogP contribution < -0.4 is 48.2 Å². The predicted octanol–water partition coefficient (Wildman–Crippen LogP) is 11.4. The summed E-state index contributed by atoms with van der Waals surface area (Å²) in [6, 6.07) is 28.6. The van der Waals surface area contributed by atoms with Crippen LogP contribution >= 0.6 is 0 Å². The Hall–Kier alpha value is -8.70. The summed E-state index contributed by atoms with van der Waals surface area (Å²) in [5, 5.41) is 12.2. The quantitative estimate of drug-likeness (QED) is 0.00788. The molecule has 7 rings (SSSR count). The summed E-state index contributed by atoms with van der Waals surface area (Å²) < 4.78 is 79.8. The van der Waals surface area contributed by atoms with Crippen LogP contribution in [0, 0.1) is 12.7 Å². The molecule has 22 heteroatoms. The van der Waals surface area contributed by atoms with Gasteiger partial charge in [-0.2, -0.15) is 13.2 Å². The van der Waals surface area contributed by atoms with Crippen LogP contribution in [0.1, 0.15) is 91.9 Å². The standard InChI is InChI=1S/C56H60F4N10O8.C5H12/c1-35-13-14-41(31-45(35)66-40-15-16-42(46(32-40)65-34-71)36(2)28-39-9-7-19-64-39)67-55(74)68-47-29-38(56(58,59)60)30-49(52(47)57)78-27-26-77-25-24-76-23-22-75-21-20-70(63)54-43-10-4-3-8-37(43)33-69(51(73)18-17-50(61)72)48-12-6-5-11-44(48)53(54)62;1-3-5-4-2/h3-16,19,28-32,34,64,66H,17-18,20-27,33,62-63H2,1-2H3,(H2,61,72)(H,65,71)(H2,67,68,74);3-5H2,1-2H3/b36-28+,54-53-;. The Bertz CT molecular complexity index is 3210. The number of alkyl halides is 3. The number of unbranched alkanes of at least 4 members (excludes halogenated alkanes) is 2. The van der Waals surface area contributed by atoms with Crippen molar-refractivity contribution in [1.82, 2.24) is 9.99 Å². The molecular weight excluding hydrogens is 1080 g/mol. The molecule has 0 atom stereocenters. The minimum Gasteiger partial charge on any atom is -0.488 e. The summed E-state index contributed by atoms with van der Waals surface area (Å²) in [5.74, 6) is 3.79. The molecule has 0 unspecified atom stereocenters. The molecule has 5 amide bonds. The number of ether oxygens (including phenoxy) is 4. The summed E-state index contributed by atoms with van der Waals surface area (Å²) in [7, 11) is 0. The number of amides is 5. The molecule has 0 aliphatic carbocycles. The lowest BCUT2D eigenvalue weighted by Crippen LogP contribution is -2.37. The Balaban J connectivity index is 0.00000212. The van der Waals surface area contributed by atoms with Gasteiger partial charge in [-0.05, 0) is 91.2 Å². The fourth-order valence-electron chi connectivity index (χ4n) is 8.76. The number of hydrogen-bond acceptors (Lipinski definition) is 12. The lowest BCUT2D eigenvalue weighted by Gasteiger charge is -2.33. The number of carbonyl (C=O) groups is 4. The van der Waals surface area contributed by atoms with E-state index >= 15 is 4.39 Å². The number of para-hydroxylation sites is 1. The number of primary amides is 1. The van der Waals surface area contributed by atoms with E-state index in [0.717, 1.165) is 33.5 Å². The van der Waals surface area contributed by atoms with Crippen LogP contribution in [0.2, 0.25) is 0 Å². The van der Waals surface area contributed by atoms with E-state index in [-0.39, 0.29) is 83.8 Å². The number of aromatic nitrogens is 1. The second kappa shape index (κ2) is 31.5. The van der Waals surface area contributed by atoms with Crippen molar-refractivity contribution in [2.24, 2.45) is 17.3 Å². The molecule has 18 nitrogen and oxygen atoms in total. The molecule has 6 aromatic rings. The summed E-state index contributed by atoms with van der Waals surface area (Å²) in [6.45, 7) is 8.93. The van der Waals surface area contributed by atoms with Crippen molar-refractivity contribution in [3.63, 3.8) is 0 Å². The number of nitrogens with zero attached hydrogens (tertiary/aromatic N) is 2. The highest BCUT2D eigenvalue weighted by Gasteiger charge is 2.34. The normalized spacial score (nSPS) is 13.1. The largest absolute Gasteiger partial charge is 0.488 e. The molecule has 442 valence electrons. The van der Waals surface area contributed by atoms with Crippen molar-refractivity contribution in [3.8, 4) is 5.75 Å². The van der Waals surface area contributed by atoms with E-state index < -0.39 is 40.9 Å². The summed E-state index contributed by atoms with van der Waals surface area (Å²) in [6.07, 6.45) is 3.33. The first kappa shape index (κ1) is 63.5. The van der Waals surface area contributed by atoms with Gasteiger partial charge in [0.25, 0.3) is 0 Å². The third-order valence-electron chi connectivity index (χ3n) is 13.0. The van der Waals surface area contributed by atoms with Gasteiger partial charge in [-0.1, -0.05) is 87.7 Å². The number of nitrogens with one attached hydrogen (secondary N) is 5. The van der Waals surface area contributed by atoms with Crippen LogP contribution in [0.4, 0.5) is 56.5 Å². The number of fused-ring (bicyclic) bond motifs is 2. The minimum absolute atomic E-state index is 0.0639. The highest BCUT2D eigenvalue weighted by molar-refractivity contribution is 6.02. The lowest BCUT2D eigenvalue weighted by molar-refractivity contribution is -0.137. The number of aryl methyl sites for hydroxylation is 1. The topological polar surface area (TPSA) is 254 Å². The molecule has 0 saturated heterocycles. The number of urea groups is 1. The number of halogens is 4. The zero-order valence-corrected chi connectivity index (χ0v) is 46.9. The minimum atomic E-state index is -4.91. The van der Waals surface area contributed by atoms with Gasteiger partial charge in [-0.15, -0.1) is 0 Å². The average molecular weight is 1150 g/mol. The number of rotatable bonds is 27. The van der Waals surface area contributed by atoms with E-state index in [1.807, 2.05) is 68.5 Å². The SMILES string of the molecule is C/C(=C\c1ccc[nH]1)c1ccc(Nc2cc(NC(=O)Nc3cc(C(F)(F)F)cc(OCCOCCOCCOCCN(N)/C4=C(\N)c5ccccc5N(C(=O)CCC(N)=O)Cc5ccccc54)c3F)ccc2C)cc1NC=O.CCCCC. The zero-order valence-electron chi connectivity index (χ0n) is 46.9. The molecule has 2 heterocycles. The molecule has 83 heavy (non-hydrogen) atoms. The zero-order chi connectivity index (χ0) is 59.9. The maximum Gasteiger partial charge on any atom is 0.416 e. The molecular formula is C61H72F4N10O8. The van der Waals surface area contributed by atoms with Crippen molar-refractivity contribution in [2.45, 2.75) is 72.5 Å². The second-order valence-electron chi connectivity index (χ2n) is 19.2. The molecule has 1 aliphatic rings. The second-order valence-corrected chi connectivity index (χ2v) is 19.2. The number of anilines is 6. The lowest BCUT2D eigenvalue weighted by atomic mass is 9.95. The Labute approximate surface area is 480 Å². The Morgan fingerprint density at radius 1 is 0.771 bits per heavy atom. The first-order valence-electron chi connectivity index (χ1n) is 27.1. The Morgan fingerprint density at radius 3 is 2.10 bits per heavy atom. The van der Waals surface area contributed by atoms with Gasteiger partial charge in [0.05, 0.1) is 86.8 Å². The maximum atomic E-state index is 15.7. The molecule has 0 bridgehead atoms. The first-order chi connectivity index (χ1) is 39.9. The van der Waals surface area contributed by atoms with Gasteiger partial charge in [0, 0.05) is 58.5 Å². The fraction of sp³-hybridized carbons (Fsp3) is 0.311. The van der Waals surface area contributed by atoms with E-state index in [4.69, 9.17) is 36.3 Å². The van der Waals surface area contributed by atoms with Crippen LogP contribution in [0.3, 0.4) is 0 Å². The van der Waals surface area contributed by atoms with Crippen molar-refractivity contribution < 1.29 is 55.7 Å². The van der Waals surface area contributed by atoms with Crippen LogP contribution in [0.5, 0.6) is 5.75 Å². The van der Waals surface area contributed by atoms with Gasteiger partial charge in [0.2, 0.25) is 18.2 Å². The molecule has 11 N–H and O–H groups in total. The number of hydrazine groups is 1. The van der Waals surface area contributed by atoms with E-state index in [2.05, 4.69) is 40.1 Å². The maximum absolute atomic E-state index is 15.7. The highest BCUT2D eigenvalue weighted by Crippen LogP contribution is 2.39. The molecule has 1 aliphatic heterocycles. The van der Waals surface area contributed by atoms with E-state index in [1.165, 1.54) is 24.3 Å². The average Bonchev–Trinajstić information content (AvgIpc) is 3.01. The highest BCUT2D eigenvalue weighted by atomic mass is 19.4. The van der Waals surface area contributed by atoms with Crippen molar-refractivity contribution >= 4 is 81.4 Å². The first-order valence-corrected chi connectivity index (χ1v) is 27.1. The molecule has 1 aromatic heterocycles. The van der Waals surface area contributed by atoms with Gasteiger partial charge in [-0.3, -0.25) is 14.4 Å². The van der Waals surface area contributed by atoms with Crippen LogP contribution in [0.25, 0.3) is 23.0 Å². The summed E-state index contributed by atoms with van der Waals surface area (Å²) >= 11 is 0.